The Morgan fingerprint density at radius 1 is 1.29 bits per heavy atom. The van der Waals surface area contributed by atoms with E-state index in [0.717, 1.165) is 10.6 Å². The molecule has 5 heteroatoms. The number of nitrogen functional groups attached to an aromatic ring is 1. The molecule has 2 rings (SSSR count). The molecule has 0 fully saturated rings. The Morgan fingerprint density at radius 2 is 2.12 bits per heavy atom. The van der Waals surface area contributed by atoms with Crippen LogP contribution in [0.3, 0.4) is 0 Å². The molecular weight excluding hydrogens is 303 g/mol. The van der Waals surface area contributed by atoms with Gasteiger partial charge in [-0.2, -0.15) is 0 Å². The number of anilines is 1. The molecule has 1 aromatic heterocycles. The summed E-state index contributed by atoms with van der Waals surface area (Å²) in [7, 11) is 0. The van der Waals surface area contributed by atoms with Crippen LogP contribution in [0.4, 0.5) is 10.1 Å². The van der Waals surface area contributed by atoms with E-state index >= 15 is 0 Å². The fourth-order valence-corrected chi connectivity index (χ4v) is 2.71. The third-order valence-corrected chi connectivity index (χ3v) is 4.05. The van der Waals surface area contributed by atoms with E-state index < -0.39 is 0 Å². The van der Waals surface area contributed by atoms with E-state index in [2.05, 4.69) is 20.9 Å². The van der Waals surface area contributed by atoms with Gasteiger partial charge in [0, 0.05) is 5.75 Å². The van der Waals surface area contributed by atoms with Crippen molar-refractivity contribution < 1.29 is 4.39 Å². The average molecular weight is 313 g/mol. The van der Waals surface area contributed by atoms with Gasteiger partial charge >= 0.3 is 0 Å². The molecule has 0 saturated carbocycles. The summed E-state index contributed by atoms with van der Waals surface area (Å²) in [6.07, 6.45) is 1.61. The molecule has 17 heavy (non-hydrogen) atoms. The molecule has 0 unspecified atom stereocenters. The topological polar surface area (TPSA) is 38.9 Å². The highest BCUT2D eigenvalue weighted by molar-refractivity contribution is 9.10. The van der Waals surface area contributed by atoms with E-state index in [1.54, 1.807) is 30.1 Å². The Hall–Kier alpha value is -1.07. The molecule has 88 valence electrons. The zero-order valence-corrected chi connectivity index (χ0v) is 11.3. The fourth-order valence-electron chi connectivity index (χ4n) is 1.29. The summed E-state index contributed by atoms with van der Waals surface area (Å²) in [6.45, 7) is 0. The van der Waals surface area contributed by atoms with Crippen LogP contribution in [0.5, 0.6) is 0 Å². The summed E-state index contributed by atoms with van der Waals surface area (Å²) in [5, 5.41) is 0.871. The van der Waals surface area contributed by atoms with Gasteiger partial charge in [-0.25, -0.2) is 9.37 Å². The summed E-state index contributed by atoms with van der Waals surface area (Å²) in [5.74, 6) is 0.420. The number of rotatable bonds is 3. The Balaban J connectivity index is 2.07. The summed E-state index contributed by atoms with van der Waals surface area (Å²) in [6, 6.07) is 8.67. The van der Waals surface area contributed by atoms with Crippen molar-refractivity contribution in [1.29, 1.82) is 0 Å². The van der Waals surface area contributed by atoms with Gasteiger partial charge in [0.25, 0.3) is 0 Å². The maximum absolute atomic E-state index is 13.3. The van der Waals surface area contributed by atoms with E-state index in [1.807, 2.05) is 12.1 Å². The highest BCUT2D eigenvalue weighted by Gasteiger charge is 2.05. The second-order valence-electron chi connectivity index (χ2n) is 3.43. The quantitative estimate of drug-likeness (QED) is 0.875. The number of pyridine rings is 1. The van der Waals surface area contributed by atoms with E-state index in [4.69, 9.17) is 5.73 Å². The lowest BCUT2D eigenvalue weighted by Gasteiger charge is -2.04. The molecule has 2 N–H and O–H groups in total. The number of nitrogens with two attached hydrogens (primary N) is 1. The Labute approximate surface area is 112 Å². The first kappa shape index (κ1) is 12.4. The Bertz CT molecular complexity index is 516. The zero-order valence-electron chi connectivity index (χ0n) is 8.86. The number of aromatic nitrogens is 1. The third-order valence-electron chi connectivity index (χ3n) is 2.17. The van der Waals surface area contributed by atoms with Crippen molar-refractivity contribution in [2.45, 2.75) is 10.8 Å². The Kier molecular flexibility index (Phi) is 4.02. The van der Waals surface area contributed by atoms with E-state index in [1.165, 1.54) is 6.07 Å². The van der Waals surface area contributed by atoms with Crippen LogP contribution in [0.1, 0.15) is 5.56 Å². The normalized spacial score (nSPS) is 10.5. The number of thioether (sulfide) groups is 1. The molecule has 2 aromatic rings. The van der Waals surface area contributed by atoms with Crippen molar-refractivity contribution in [1.82, 2.24) is 4.98 Å². The lowest BCUT2D eigenvalue weighted by atomic mass is 10.2. The van der Waals surface area contributed by atoms with Gasteiger partial charge < -0.3 is 5.73 Å². The van der Waals surface area contributed by atoms with Crippen molar-refractivity contribution in [3.05, 3.63) is 52.4 Å². The molecule has 0 atom stereocenters. The number of halogens is 2. The third kappa shape index (κ3) is 3.20. The molecular formula is C12H10BrFN2S. The Morgan fingerprint density at radius 3 is 2.82 bits per heavy atom. The van der Waals surface area contributed by atoms with Gasteiger partial charge in [-0.1, -0.05) is 12.1 Å². The van der Waals surface area contributed by atoms with Crippen LogP contribution in [-0.4, -0.2) is 4.98 Å². The zero-order chi connectivity index (χ0) is 12.3. The van der Waals surface area contributed by atoms with Crippen LogP contribution >= 0.6 is 27.7 Å². The second-order valence-corrected chi connectivity index (χ2v) is 5.22. The van der Waals surface area contributed by atoms with Gasteiger partial charge in [0.1, 0.15) is 5.82 Å². The van der Waals surface area contributed by atoms with Crippen molar-refractivity contribution in [3.63, 3.8) is 0 Å². The molecule has 0 aliphatic rings. The number of hydrogen-bond donors (Lipinski definition) is 1. The van der Waals surface area contributed by atoms with Gasteiger partial charge in [0.05, 0.1) is 21.4 Å². The van der Waals surface area contributed by atoms with Crippen molar-refractivity contribution in [3.8, 4) is 0 Å². The van der Waals surface area contributed by atoms with Crippen molar-refractivity contribution >= 4 is 33.4 Å². The lowest BCUT2D eigenvalue weighted by Crippen LogP contribution is -1.89. The molecule has 1 aromatic carbocycles. The van der Waals surface area contributed by atoms with E-state index in [-0.39, 0.29) is 5.82 Å². The van der Waals surface area contributed by atoms with E-state index in [9.17, 15) is 4.39 Å². The SMILES string of the molecule is Nc1ccc(SCc2cccc(F)c2Br)nc1. The van der Waals surface area contributed by atoms with Crippen LogP contribution in [0.25, 0.3) is 0 Å². The van der Waals surface area contributed by atoms with Crippen LogP contribution in [0.2, 0.25) is 0 Å². The second kappa shape index (κ2) is 5.51. The van der Waals surface area contributed by atoms with E-state index in [0.29, 0.717) is 15.9 Å². The standard InChI is InChI=1S/C12H10BrFN2S/c13-12-8(2-1-3-10(12)14)7-17-11-5-4-9(15)6-16-11/h1-6H,7,15H2. The minimum atomic E-state index is -0.242. The summed E-state index contributed by atoms with van der Waals surface area (Å²) >= 11 is 4.78. The number of hydrogen-bond acceptors (Lipinski definition) is 3. The molecule has 0 radical (unpaired) electrons. The van der Waals surface area contributed by atoms with Crippen LogP contribution in [0, 0.1) is 5.82 Å². The predicted octanol–water partition coefficient (Wildman–Crippen LogP) is 3.86. The lowest BCUT2D eigenvalue weighted by molar-refractivity contribution is 0.619. The molecule has 0 saturated heterocycles. The van der Waals surface area contributed by atoms with Crippen LogP contribution in [0.15, 0.2) is 46.0 Å². The predicted molar refractivity (Wildman–Crippen MR) is 72.3 cm³/mol. The van der Waals surface area contributed by atoms with Gasteiger partial charge in [-0.15, -0.1) is 11.8 Å². The minimum absolute atomic E-state index is 0.242. The first-order valence-electron chi connectivity index (χ1n) is 4.94. The monoisotopic (exact) mass is 312 g/mol. The highest BCUT2D eigenvalue weighted by Crippen LogP contribution is 2.27. The van der Waals surface area contributed by atoms with Gasteiger partial charge in [0.2, 0.25) is 0 Å². The summed E-state index contributed by atoms with van der Waals surface area (Å²) < 4.78 is 13.8. The summed E-state index contributed by atoms with van der Waals surface area (Å²) in [4.78, 5) is 4.17. The van der Waals surface area contributed by atoms with Crippen LogP contribution < -0.4 is 5.73 Å². The maximum atomic E-state index is 13.3. The van der Waals surface area contributed by atoms with Gasteiger partial charge in [-0.05, 0) is 39.7 Å². The maximum Gasteiger partial charge on any atom is 0.137 e. The number of benzene rings is 1. The molecule has 2 nitrogen and oxygen atoms in total. The average Bonchev–Trinajstić information content (AvgIpc) is 2.33. The first-order chi connectivity index (χ1) is 8.16. The highest BCUT2D eigenvalue weighted by atomic mass is 79.9. The molecule has 0 aliphatic carbocycles. The smallest absolute Gasteiger partial charge is 0.137 e. The molecule has 0 spiro atoms. The van der Waals surface area contributed by atoms with Crippen molar-refractivity contribution in [2.24, 2.45) is 0 Å². The first-order valence-corrected chi connectivity index (χ1v) is 6.72. The molecule has 0 amide bonds. The van der Waals surface area contributed by atoms with Crippen LogP contribution in [-0.2, 0) is 5.75 Å². The van der Waals surface area contributed by atoms with Crippen molar-refractivity contribution in [2.75, 3.05) is 5.73 Å². The van der Waals surface area contributed by atoms with Gasteiger partial charge in [0.15, 0.2) is 0 Å². The summed E-state index contributed by atoms with van der Waals surface area (Å²) in [5.41, 5.74) is 7.10. The molecule has 0 aliphatic heterocycles. The largest absolute Gasteiger partial charge is 0.397 e. The van der Waals surface area contributed by atoms with Gasteiger partial charge in [-0.3, -0.25) is 0 Å². The number of nitrogens with zero attached hydrogens (tertiary/aromatic N) is 1. The molecule has 1 heterocycles. The molecule has 0 bridgehead atoms. The fraction of sp³-hybridized carbons (Fsp3) is 0.0833. The minimum Gasteiger partial charge on any atom is -0.397 e.